The predicted octanol–water partition coefficient (Wildman–Crippen LogP) is 6.37. The quantitative estimate of drug-likeness (QED) is 0.277. The summed E-state index contributed by atoms with van der Waals surface area (Å²) in [5.41, 5.74) is 3.42. The Morgan fingerprint density at radius 2 is 1.95 bits per heavy atom. The van der Waals surface area contributed by atoms with Crippen LogP contribution >= 0.6 is 11.6 Å². The number of benzene rings is 2. The van der Waals surface area contributed by atoms with E-state index >= 15 is 0 Å². The second kappa shape index (κ2) is 16.0. The van der Waals surface area contributed by atoms with Gasteiger partial charge in [-0.1, -0.05) is 37.1 Å². The Balaban J connectivity index is 1.19. The van der Waals surface area contributed by atoms with Crippen LogP contribution < -0.4 is 14.4 Å². The van der Waals surface area contributed by atoms with Gasteiger partial charge in [-0.15, -0.1) is 6.58 Å². The van der Waals surface area contributed by atoms with Crippen molar-refractivity contribution in [2.24, 2.45) is 17.8 Å². The van der Waals surface area contributed by atoms with Crippen molar-refractivity contribution in [3.05, 3.63) is 70.8 Å². The monoisotopic (exact) mass is 792 g/mol. The van der Waals surface area contributed by atoms with Gasteiger partial charge in [0.05, 0.1) is 47.4 Å². The maximum Gasteiger partial charge on any atom is 0.262 e. The summed E-state index contributed by atoms with van der Waals surface area (Å²) in [5, 5.41) is 0.467. The van der Waals surface area contributed by atoms with Crippen molar-refractivity contribution in [3.63, 3.8) is 0 Å². The number of morpholine rings is 1. The second-order valence-corrected chi connectivity index (χ2v) is 20.5. The van der Waals surface area contributed by atoms with E-state index in [1.807, 2.05) is 37.3 Å². The molecule has 3 fully saturated rings. The molecule has 2 aromatic rings. The molecule has 4 heterocycles. The number of amides is 1. The molecule has 1 unspecified atom stereocenters. The van der Waals surface area contributed by atoms with E-state index in [1.54, 1.807) is 0 Å². The van der Waals surface area contributed by atoms with Crippen molar-refractivity contribution in [1.82, 2.24) is 14.5 Å². The Kier molecular flexibility index (Phi) is 11.4. The van der Waals surface area contributed by atoms with Crippen LogP contribution in [0.2, 0.25) is 5.02 Å². The van der Waals surface area contributed by atoms with Crippen LogP contribution in [0.1, 0.15) is 80.3 Å². The molecule has 0 aromatic heterocycles. The van der Waals surface area contributed by atoms with Gasteiger partial charge in [0.25, 0.3) is 5.91 Å². The number of hydrogen-bond donors (Lipinski definition) is 1. The third-order valence-electron chi connectivity index (χ3n) is 14.3. The minimum atomic E-state index is -2.95. The van der Waals surface area contributed by atoms with E-state index in [0.29, 0.717) is 36.7 Å². The van der Waals surface area contributed by atoms with Crippen LogP contribution in [0.4, 0.5) is 5.69 Å². The van der Waals surface area contributed by atoms with Crippen molar-refractivity contribution in [3.8, 4) is 5.75 Å². The van der Waals surface area contributed by atoms with E-state index in [9.17, 15) is 9.00 Å². The van der Waals surface area contributed by atoms with Crippen LogP contribution in [0.15, 0.2) is 49.1 Å². The molecule has 300 valence electrons. The molecule has 0 radical (unpaired) electrons. The number of piperazine rings is 1. The highest BCUT2D eigenvalue weighted by Gasteiger charge is 2.51. The normalized spacial score (nSPS) is 35.9. The van der Waals surface area contributed by atoms with E-state index < -0.39 is 9.71 Å². The minimum absolute atomic E-state index is 0.0933. The molecule has 8 rings (SSSR count). The fraction of sp³-hybridized carbons (Fsp3) is 0.636. The first-order valence-electron chi connectivity index (χ1n) is 20.8. The number of hydrogen-bond acceptors (Lipinski definition) is 8. The molecular formula is C44H61ClN4O5S. The number of ether oxygens (including phenoxy) is 3. The standard InChI is InChI=1S/C44H61ClN4O5S/c1-5-21-54-44(29-47-18-19-48-20-22-52-27-37(48)26-47)17-6-8-31(2)32(3)55(4,51)46-42(50)34-11-15-41-40(24-34)49(25-35-10-13-39(35)44)28-43(30-53-41)16-7-9-33-23-36(45)12-14-38(33)43/h5,11-12,14-15,23-24,31-32,35,37,39H,1,4,6-10,13,16-22,25-30H2,2-3H3,(H,46,50,51)/t31-,32+,35-,37-,39+,43-,44-,55?/m0/s1. The summed E-state index contributed by atoms with van der Waals surface area (Å²) in [5.74, 6) is 5.38. The van der Waals surface area contributed by atoms with Crippen LogP contribution in [0.5, 0.6) is 5.75 Å². The first kappa shape index (κ1) is 39.2. The summed E-state index contributed by atoms with van der Waals surface area (Å²) >= 11 is 6.55. The molecule has 1 saturated carbocycles. The van der Waals surface area contributed by atoms with Gasteiger partial charge in [0.2, 0.25) is 0 Å². The third kappa shape index (κ3) is 7.85. The summed E-state index contributed by atoms with van der Waals surface area (Å²) < 4.78 is 37.0. The summed E-state index contributed by atoms with van der Waals surface area (Å²) in [4.78, 5) is 21.7. The molecule has 11 heteroatoms. The van der Waals surface area contributed by atoms with Crippen LogP contribution in [-0.4, -0.2) is 115 Å². The van der Waals surface area contributed by atoms with Crippen LogP contribution in [0, 0.1) is 17.8 Å². The zero-order valence-corrected chi connectivity index (χ0v) is 34.5. The average molecular weight is 794 g/mol. The van der Waals surface area contributed by atoms with Gasteiger partial charge >= 0.3 is 0 Å². The largest absolute Gasteiger partial charge is 0.490 e. The lowest BCUT2D eigenvalue weighted by atomic mass is 9.62. The van der Waals surface area contributed by atoms with Gasteiger partial charge in [-0.2, -0.15) is 0 Å². The maximum absolute atomic E-state index is 14.2. The van der Waals surface area contributed by atoms with Gasteiger partial charge in [0, 0.05) is 73.1 Å². The number of carbonyl (C=O) groups excluding carboxylic acids is 1. The number of carbonyl (C=O) groups is 1. The molecule has 2 aliphatic carbocycles. The fourth-order valence-electron chi connectivity index (χ4n) is 10.8. The number of rotatable bonds is 5. The predicted molar refractivity (Wildman–Crippen MR) is 223 cm³/mol. The Hall–Kier alpha value is -2.60. The molecular weight excluding hydrogens is 732 g/mol. The molecule has 1 N–H and O–H groups in total. The molecule has 9 nitrogen and oxygen atoms in total. The van der Waals surface area contributed by atoms with Gasteiger partial charge < -0.3 is 19.1 Å². The topological polar surface area (TPSA) is 83.6 Å². The zero-order valence-electron chi connectivity index (χ0n) is 32.9. The summed E-state index contributed by atoms with van der Waals surface area (Å²) in [6.45, 7) is 17.4. The smallest absolute Gasteiger partial charge is 0.262 e. The van der Waals surface area contributed by atoms with Gasteiger partial charge in [-0.25, -0.2) is 4.21 Å². The molecule has 2 saturated heterocycles. The van der Waals surface area contributed by atoms with Gasteiger partial charge in [-0.3, -0.25) is 19.3 Å². The van der Waals surface area contributed by atoms with E-state index in [-0.39, 0.29) is 28.1 Å². The molecule has 4 aliphatic heterocycles. The number of halogens is 1. The lowest BCUT2D eigenvalue weighted by Gasteiger charge is -2.54. The van der Waals surface area contributed by atoms with Crippen molar-refractivity contribution < 1.29 is 23.2 Å². The van der Waals surface area contributed by atoms with E-state index in [0.717, 1.165) is 127 Å². The SMILES string of the molecule is C=CCO[C@]1(CN2CCN3CCOC[C@@H]3C2)CCC[C@H](C)[C@@H](C)S(=C)(=O)NC(=O)c2ccc3c(c2)N(C[C@@H]2CC[C@H]21)C[C@@]1(CCCc2cc(Cl)ccc21)CO3. The Morgan fingerprint density at radius 1 is 1.07 bits per heavy atom. The number of aryl methyl sites for hydroxylation is 1. The van der Waals surface area contributed by atoms with Crippen molar-refractivity contribution in [2.75, 3.05) is 77.1 Å². The summed E-state index contributed by atoms with van der Waals surface area (Å²) in [6.07, 6.45) is 9.94. The van der Waals surface area contributed by atoms with Crippen LogP contribution in [0.3, 0.4) is 0 Å². The highest BCUT2D eigenvalue weighted by Crippen LogP contribution is 2.50. The van der Waals surface area contributed by atoms with Gasteiger partial charge in [0.1, 0.15) is 5.75 Å². The zero-order chi connectivity index (χ0) is 38.4. The molecule has 8 atom stereocenters. The van der Waals surface area contributed by atoms with Crippen molar-refractivity contribution in [2.45, 2.75) is 87.5 Å². The number of nitrogens with zero attached hydrogens (tertiary/aromatic N) is 3. The lowest BCUT2D eigenvalue weighted by molar-refractivity contribution is -0.150. The van der Waals surface area contributed by atoms with Crippen molar-refractivity contribution in [1.29, 1.82) is 0 Å². The Morgan fingerprint density at radius 3 is 2.76 bits per heavy atom. The minimum Gasteiger partial charge on any atom is -0.490 e. The second-order valence-electron chi connectivity index (χ2n) is 17.6. The van der Waals surface area contributed by atoms with E-state index in [2.05, 4.69) is 50.9 Å². The first-order valence-corrected chi connectivity index (χ1v) is 22.9. The highest BCUT2D eigenvalue weighted by atomic mass is 35.5. The molecule has 2 aromatic carbocycles. The first-order chi connectivity index (χ1) is 26.5. The highest BCUT2D eigenvalue weighted by molar-refractivity contribution is 7.99. The summed E-state index contributed by atoms with van der Waals surface area (Å²) in [6, 6.07) is 12.5. The Bertz CT molecular complexity index is 1860. The Labute approximate surface area is 334 Å². The van der Waals surface area contributed by atoms with E-state index in [4.69, 9.17) is 25.8 Å². The van der Waals surface area contributed by atoms with E-state index in [1.165, 1.54) is 11.1 Å². The number of fused-ring (bicyclic) bond motifs is 5. The molecule has 55 heavy (non-hydrogen) atoms. The fourth-order valence-corrected chi connectivity index (χ4v) is 12.5. The molecule has 1 spiro atoms. The third-order valence-corrected chi connectivity index (χ3v) is 16.7. The van der Waals surface area contributed by atoms with Crippen LogP contribution in [0.25, 0.3) is 0 Å². The van der Waals surface area contributed by atoms with Gasteiger partial charge in [0.15, 0.2) is 0 Å². The number of nitrogens with one attached hydrogen (secondary N) is 1. The lowest BCUT2D eigenvalue weighted by Crippen LogP contribution is -2.63. The molecule has 2 bridgehead atoms. The summed E-state index contributed by atoms with van der Waals surface area (Å²) in [7, 11) is -2.95. The molecule has 1 amide bonds. The molecule has 6 aliphatic rings. The van der Waals surface area contributed by atoms with Crippen molar-refractivity contribution >= 4 is 38.8 Å². The van der Waals surface area contributed by atoms with Crippen LogP contribution in [-0.2, 0) is 31.0 Å². The average Bonchev–Trinajstić information content (AvgIpc) is 3.31. The van der Waals surface area contributed by atoms with Gasteiger partial charge in [-0.05, 0) is 117 Å². The maximum atomic E-state index is 14.2. The number of anilines is 1.